The number of halogens is 3. The van der Waals surface area contributed by atoms with Gasteiger partial charge in [0.15, 0.2) is 11.6 Å². The molecule has 2 aromatic rings. The Morgan fingerprint density at radius 2 is 1.81 bits per heavy atom. The van der Waals surface area contributed by atoms with E-state index in [1.807, 2.05) is 0 Å². The van der Waals surface area contributed by atoms with Crippen LogP contribution in [0.15, 0.2) is 36.4 Å². The number of nitrogens with zero attached hydrogens (tertiary/aromatic N) is 1. The molecule has 0 bridgehead atoms. The predicted molar refractivity (Wildman–Crippen MR) is 67.4 cm³/mol. The molecule has 0 fully saturated rings. The number of nitro benzene ring substituents is 1. The van der Waals surface area contributed by atoms with Gasteiger partial charge in [0.1, 0.15) is 0 Å². The van der Waals surface area contributed by atoms with Gasteiger partial charge in [-0.2, -0.15) is 4.39 Å². The maximum atomic E-state index is 13.4. The minimum atomic E-state index is -1.34. The third-order valence-corrected chi connectivity index (χ3v) is 2.60. The Morgan fingerprint density at radius 1 is 1.10 bits per heavy atom. The Bertz CT molecular complexity index is 735. The summed E-state index contributed by atoms with van der Waals surface area (Å²) < 4.78 is 39.8. The molecule has 0 heterocycles. The Hall–Kier alpha value is -2.90. The summed E-state index contributed by atoms with van der Waals surface area (Å²) in [7, 11) is 0. The third-order valence-electron chi connectivity index (χ3n) is 2.60. The molecular formula is C13H7F3N2O3. The van der Waals surface area contributed by atoms with E-state index in [0.717, 1.165) is 30.3 Å². The molecule has 0 aliphatic rings. The summed E-state index contributed by atoms with van der Waals surface area (Å²) in [5.74, 6) is -4.69. The number of rotatable bonds is 3. The van der Waals surface area contributed by atoms with Crippen LogP contribution in [0.25, 0.3) is 0 Å². The van der Waals surface area contributed by atoms with Crippen molar-refractivity contribution < 1.29 is 22.9 Å². The third kappa shape index (κ3) is 2.99. The summed E-state index contributed by atoms with van der Waals surface area (Å²) in [6, 6.07) is 5.69. The predicted octanol–water partition coefficient (Wildman–Crippen LogP) is 3.26. The van der Waals surface area contributed by atoms with Gasteiger partial charge in [0, 0.05) is 17.8 Å². The van der Waals surface area contributed by atoms with E-state index >= 15 is 0 Å². The molecule has 0 spiro atoms. The van der Waals surface area contributed by atoms with Crippen molar-refractivity contribution in [3.63, 3.8) is 0 Å². The number of hydrogen-bond acceptors (Lipinski definition) is 3. The molecule has 0 saturated carbocycles. The van der Waals surface area contributed by atoms with Crippen LogP contribution in [0.2, 0.25) is 0 Å². The van der Waals surface area contributed by atoms with Gasteiger partial charge in [-0.15, -0.1) is 0 Å². The summed E-state index contributed by atoms with van der Waals surface area (Å²) in [5.41, 5.74) is -1.44. The van der Waals surface area contributed by atoms with Gasteiger partial charge in [-0.05, 0) is 18.2 Å². The summed E-state index contributed by atoms with van der Waals surface area (Å²) in [4.78, 5) is 21.3. The van der Waals surface area contributed by atoms with Crippen molar-refractivity contribution in [2.45, 2.75) is 0 Å². The van der Waals surface area contributed by atoms with E-state index in [4.69, 9.17) is 0 Å². The van der Waals surface area contributed by atoms with E-state index in [-0.39, 0.29) is 5.69 Å². The number of hydrogen-bond donors (Lipinski definition) is 1. The van der Waals surface area contributed by atoms with Gasteiger partial charge in [-0.25, -0.2) is 8.78 Å². The molecule has 2 aromatic carbocycles. The molecule has 0 unspecified atom stereocenters. The van der Waals surface area contributed by atoms with E-state index < -0.39 is 39.5 Å². The Balaban J connectivity index is 2.26. The van der Waals surface area contributed by atoms with E-state index in [1.165, 1.54) is 0 Å². The second-order valence-corrected chi connectivity index (χ2v) is 3.98. The molecule has 2 rings (SSSR count). The number of carbonyl (C=O) groups excluding carboxylic acids is 1. The monoisotopic (exact) mass is 296 g/mol. The van der Waals surface area contributed by atoms with Gasteiger partial charge < -0.3 is 5.32 Å². The molecular weight excluding hydrogens is 289 g/mol. The number of amides is 1. The van der Waals surface area contributed by atoms with Crippen molar-refractivity contribution >= 4 is 17.3 Å². The second kappa shape index (κ2) is 5.61. The van der Waals surface area contributed by atoms with E-state index in [0.29, 0.717) is 6.07 Å². The minimum Gasteiger partial charge on any atom is -0.322 e. The normalized spacial score (nSPS) is 10.2. The second-order valence-electron chi connectivity index (χ2n) is 3.98. The van der Waals surface area contributed by atoms with Crippen LogP contribution in [-0.2, 0) is 0 Å². The molecule has 8 heteroatoms. The SMILES string of the molecule is O=C(Nc1ccc([N+](=O)[O-])c(F)c1)c1cccc(F)c1F. The zero-order valence-electron chi connectivity index (χ0n) is 10.3. The molecule has 21 heavy (non-hydrogen) atoms. The molecule has 0 saturated heterocycles. The minimum absolute atomic E-state index is 0.119. The van der Waals surface area contributed by atoms with E-state index in [9.17, 15) is 28.1 Å². The van der Waals surface area contributed by atoms with Gasteiger partial charge in [0.25, 0.3) is 5.91 Å². The maximum absolute atomic E-state index is 13.4. The van der Waals surface area contributed by atoms with Crippen LogP contribution < -0.4 is 5.32 Å². The highest BCUT2D eigenvalue weighted by Crippen LogP contribution is 2.21. The van der Waals surface area contributed by atoms with Gasteiger partial charge in [-0.1, -0.05) is 6.07 Å². The molecule has 0 atom stereocenters. The summed E-state index contributed by atoms with van der Waals surface area (Å²) in [5, 5.41) is 12.6. The van der Waals surface area contributed by atoms with Crippen LogP contribution in [0.3, 0.4) is 0 Å². The summed E-state index contributed by atoms with van der Waals surface area (Å²) >= 11 is 0. The van der Waals surface area contributed by atoms with Gasteiger partial charge in [-0.3, -0.25) is 14.9 Å². The van der Waals surface area contributed by atoms with Crippen LogP contribution in [0.4, 0.5) is 24.5 Å². The van der Waals surface area contributed by atoms with Crippen molar-refractivity contribution in [2.24, 2.45) is 0 Å². The maximum Gasteiger partial charge on any atom is 0.304 e. The first-order valence-corrected chi connectivity index (χ1v) is 5.59. The molecule has 108 valence electrons. The lowest BCUT2D eigenvalue weighted by Crippen LogP contribution is -2.14. The van der Waals surface area contributed by atoms with Crippen LogP contribution in [0, 0.1) is 27.6 Å². The van der Waals surface area contributed by atoms with Gasteiger partial charge in [0.2, 0.25) is 5.82 Å². The van der Waals surface area contributed by atoms with Crippen molar-refractivity contribution in [1.29, 1.82) is 0 Å². The van der Waals surface area contributed by atoms with Crippen LogP contribution >= 0.6 is 0 Å². The van der Waals surface area contributed by atoms with Crippen LogP contribution in [0.1, 0.15) is 10.4 Å². The zero-order chi connectivity index (χ0) is 15.6. The fourth-order valence-electron chi connectivity index (χ4n) is 1.61. The van der Waals surface area contributed by atoms with Crippen LogP contribution in [-0.4, -0.2) is 10.8 Å². The fourth-order valence-corrected chi connectivity index (χ4v) is 1.61. The lowest BCUT2D eigenvalue weighted by atomic mass is 10.2. The first kappa shape index (κ1) is 14.5. The average molecular weight is 296 g/mol. The number of nitrogens with one attached hydrogen (secondary N) is 1. The van der Waals surface area contributed by atoms with E-state index in [1.54, 1.807) is 0 Å². The Labute approximate surface area is 116 Å². The molecule has 0 aliphatic carbocycles. The number of anilines is 1. The number of nitro groups is 1. The molecule has 5 nitrogen and oxygen atoms in total. The Kier molecular flexibility index (Phi) is 3.88. The largest absolute Gasteiger partial charge is 0.322 e. The van der Waals surface area contributed by atoms with Crippen molar-refractivity contribution in [2.75, 3.05) is 5.32 Å². The lowest BCUT2D eigenvalue weighted by molar-refractivity contribution is -0.387. The number of benzene rings is 2. The van der Waals surface area contributed by atoms with Crippen molar-refractivity contribution in [1.82, 2.24) is 0 Å². The Morgan fingerprint density at radius 3 is 2.43 bits per heavy atom. The molecule has 1 N–H and O–H groups in total. The first-order valence-electron chi connectivity index (χ1n) is 5.59. The fraction of sp³-hybridized carbons (Fsp3) is 0. The topological polar surface area (TPSA) is 72.2 Å². The average Bonchev–Trinajstić information content (AvgIpc) is 2.41. The number of carbonyl (C=O) groups is 1. The van der Waals surface area contributed by atoms with Gasteiger partial charge >= 0.3 is 5.69 Å². The quantitative estimate of drug-likeness (QED) is 0.698. The molecule has 1 amide bonds. The smallest absolute Gasteiger partial charge is 0.304 e. The summed E-state index contributed by atoms with van der Waals surface area (Å²) in [6.45, 7) is 0. The van der Waals surface area contributed by atoms with Gasteiger partial charge in [0.05, 0.1) is 10.5 Å². The standard InChI is InChI=1S/C13H7F3N2O3/c14-9-3-1-2-8(12(9)16)13(19)17-7-4-5-11(18(20)21)10(15)6-7/h1-6H,(H,17,19). The first-order chi connectivity index (χ1) is 9.90. The highest BCUT2D eigenvalue weighted by molar-refractivity contribution is 6.04. The van der Waals surface area contributed by atoms with Crippen molar-refractivity contribution in [3.05, 3.63) is 69.5 Å². The molecule has 0 aromatic heterocycles. The van der Waals surface area contributed by atoms with E-state index in [2.05, 4.69) is 5.32 Å². The zero-order valence-corrected chi connectivity index (χ0v) is 10.3. The highest BCUT2D eigenvalue weighted by atomic mass is 19.2. The lowest BCUT2D eigenvalue weighted by Gasteiger charge is -2.06. The van der Waals surface area contributed by atoms with Crippen molar-refractivity contribution in [3.8, 4) is 0 Å². The molecule has 0 aliphatic heterocycles. The highest BCUT2D eigenvalue weighted by Gasteiger charge is 2.18. The summed E-state index contributed by atoms with van der Waals surface area (Å²) in [6.07, 6.45) is 0. The van der Waals surface area contributed by atoms with Crippen LogP contribution in [0.5, 0.6) is 0 Å². The molecule has 0 radical (unpaired) electrons.